The van der Waals surface area contributed by atoms with E-state index in [1.54, 1.807) is 23.1 Å². The quantitative estimate of drug-likeness (QED) is 0.302. The molecule has 2 heterocycles. The van der Waals surface area contributed by atoms with E-state index in [1.165, 1.54) is 11.0 Å². The third-order valence-electron chi connectivity index (χ3n) is 7.13. The minimum absolute atomic E-state index is 0.0748. The summed E-state index contributed by atoms with van der Waals surface area (Å²) in [5.41, 5.74) is 3.29. The summed E-state index contributed by atoms with van der Waals surface area (Å²) in [5, 5.41) is 0. The van der Waals surface area contributed by atoms with Gasteiger partial charge in [0, 0.05) is 24.7 Å². The number of carbonyl (C=O) groups is 4. The first kappa shape index (κ1) is 22.1. The van der Waals surface area contributed by atoms with Crippen LogP contribution in [0.4, 0.5) is 11.4 Å². The van der Waals surface area contributed by atoms with Gasteiger partial charge in [0.05, 0.1) is 23.4 Å². The van der Waals surface area contributed by atoms with Gasteiger partial charge in [-0.1, -0.05) is 30.4 Å². The fourth-order valence-electron chi connectivity index (χ4n) is 5.07. The number of nitrogens with zero attached hydrogens (tertiary/aromatic N) is 2. The van der Waals surface area contributed by atoms with E-state index < -0.39 is 11.9 Å². The summed E-state index contributed by atoms with van der Waals surface area (Å²) in [4.78, 5) is 54.2. The number of ether oxygens (including phenoxy) is 1. The van der Waals surface area contributed by atoms with Crippen molar-refractivity contribution in [1.29, 1.82) is 0 Å². The van der Waals surface area contributed by atoms with Gasteiger partial charge in [0.15, 0.2) is 0 Å². The molecule has 2 fully saturated rings. The number of imide groups is 1. The Morgan fingerprint density at radius 1 is 0.941 bits per heavy atom. The van der Waals surface area contributed by atoms with Crippen LogP contribution in [0.3, 0.4) is 0 Å². The zero-order chi connectivity index (χ0) is 24.0. The third-order valence-corrected chi connectivity index (χ3v) is 7.13. The van der Waals surface area contributed by atoms with E-state index in [1.807, 2.05) is 44.2 Å². The van der Waals surface area contributed by atoms with Gasteiger partial charge in [0.25, 0.3) is 0 Å². The Balaban J connectivity index is 1.30. The fourth-order valence-corrected chi connectivity index (χ4v) is 5.07. The second kappa shape index (κ2) is 8.56. The summed E-state index contributed by atoms with van der Waals surface area (Å²) >= 11 is 0. The van der Waals surface area contributed by atoms with Gasteiger partial charge in [0.1, 0.15) is 5.75 Å². The third kappa shape index (κ3) is 3.71. The number of anilines is 2. The predicted octanol–water partition coefficient (Wildman–Crippen LogP) is 3.72. The molecule has 7 nitrogen and oxygen atoms in total. The number of carbonyl (C=O) groups excluding carboxylic acids is 4. The first-order chi connectivity index (χ1) is 16.3. The van der Waals surface area contributed by atoms with Crippen LogP contribution in [0.1, 0.15) is 30.4 Å². The number of hydrogen-bond acceptors (Lipinski definition) is 5. The molecule has 0 bridgehead atoms. The highest BCUT2D eigenvalue weighted by atomic mass is 16.5. The Morgan fingerprint density at radius 3 is 2.32 bits per heavy atom. The Kier molecular flexibility index (Phi) is 5.55. The van der Waals surface area contributed by atoms with E-state index >= 15 is 0 Å². The van der Waals surface area contributed by atoms with Crippen LogP contribution in [0.5, 0.6) is 5.75 Å². The number of allylic oxidation sites excluding steroid dienone is 2. The van der Waals surface area contributed by atoms with Crippen molar-refractivity contribution in [1.82, 2.24) is 0 Å². The van der Waals surface area contributed by atoms with Crippen molar-refractivity contribution in [2.24, 2.45) is 17.8 Å². The molecule has 3 amide bonds. The molecule has 1 aliphatic carbocycles. The average molecular weight is 459 g/mol. The van der Waals surface area contributed by atoms with Gasteiger partial charge >= 0.3 is 5.97 Å². The molecular weight excluding hydrogens is 432 g/mol. The van der Waals surface area contributed by atoms with Crippen molar-refractivity contribution in [3.63, 3.8) is 0 Å². The molecule has 0 N–H and O–H groups in total. The summed E-state index contributed by atoms with van der Waals surface area (Å²) < 4.78 is 5.59. The smallest absolute Gasteiger partial charge is 0.316 e. The van der Waals surface area contributed by atoms with E-state index in [0.29, 0.717) is 18.5 Å². The van der Waals surface area contributed by atoms with Gasteiger partial charge in [-0.25, -0.2) is 4.90 Å². The Labute approximate surface area is 198 Å². The van der Waals surface area contributed by atoms with Crippen molar-refractivity contribution in [2.75, 3.05) is 16.3 Å². The van der Waals surface area contributed by atoms with Crippen molar-refractivity contribution in [3.05, 3.63) is 65.7 Å². The number of fused-ring (bicyclic) bond motifs is 1. The van der Waals surface area contributed by atoms with Gasteiger partial charge in [-0.15, -0.1) is 0 Å². The molecule has 2 aromatic rings. The van der Waals surface area contributed by atoms with Crippen LogP contribution in [0.25, 0.3) is 0 Å². The molecule has 0 unspecified atom stereocenters. The normalized spacial score (nSPS) is 24.1. The molecule has 2 aliphatic heterocycles. The maximum Gasteiger partial charge on any atom is 0.316 e. The lowest BCUT2D eigenvalue weighted by Gasteiger charge is -2.20. The number of amides is 3. The lowest BCUT2D eigenvalue weighted by molar-refractivity contribution is -0.139. The average Bonchev–Trinajstić information content (AvgIpc) is 3.33. The Bertz CT molecular complexity index is 1210. The minimum atomic E-state index is -0.597. The first-order valence-electron chi connectivity index (χ1n) is 11.6. The van der Waals surface area contributed by atoms with Gasteiger partial charge in [-0.3, -0.25) is 19.2 Å². The molecule has 2 saturated heterocycles. The molecule has 34 heavy (non-hydrogen) atoms. The molecule has 5 rings (SSSR count). The number of hydrogen-bond donors (Lipinski definition) is 0. The molecule has 0 radical (unpaired) electrons. The highest BCUT2D eigenvalue weighted by Gasteiger charge is 2.48. The standard InChI is InChI=1S/C27H26N2O5/c1-16-7-5-12-23(17(16)2)28-15-18(13-24(28)30)27(33)34-20-9-6-8-19(14-20)29-25(31)21-10-3-4-11-22(21)26(29)32/h3-9,12,14,18,21-22H,10-11,13,15H2,1-2H3/t18-,21-,22+/m1/s1. The van der Waals surface area contributed by atoms with Gasteiger partial charge in [-0.2, -0.15) is 0 Å². The zero-order valence-corrected chi connectivity index (χ0v) is 19.2. The highest BCUT2D eigenvalue weighted by Crippen LogP contribution is 2.38. The number of aryl methyl sites for hydroxylation is 1. The summed E-state index contributed by atoms with van der Waals surface area (Å²) in [6.45, 7) is 4.20. The van der Waals surface area contributed by atoms with Crippen LogP contribution in [0.15, 0.2) is 54.6 Å². The second-order valence-electron chi connectivity index (χ2n) is 9.21. The van der Waals surface area contributed by atoms with Crippen molar-refractivity contribution >= 4 is 35.1 Å². The Morgan fingerprint density at radius 2 is 1.62 bits per heavy atom. The molecule has 0 spiro atoms. The molecule has 3 atom stereocenters. The van der Waals surface area contributed by atoms with Crippen molar-refractivity contribution in [3.8, 4) is 5.75 Å². The van der Waals surface area contributed by atoms with E-state index in [4.69, 9.17) is 4.74 Å². The van der Waals surface area contributed by atoms with Crippen LogP contribution >= 0.6 is 0 Å². The minimum Gasteiger partial charge on any atom is -0.426 e. The van der Waals surface area contributed by atoms with Gasteiger partial charge < -0.3 is 9.64 Å². The number of rotatable bonds is 4. The molecule has 3 aliphatic rings. The summed E-state index contributed by atoms with van der Waals surface area (Å²) in [6, 6.07) is 12.2. The zero-order valence-electron chi connectivity index (χ0n) is 19.2. The molecule has 7 heteroatoms. The first-order valence-corrected chi connectivity index (χ1v) is 11.6. The second-order valence-corrected chi connectivity index (χ2v) is 9.21. The maximum atomic E-state index is 12.9. The number of benzene rings is 2. The lowest BCUT2D eigenvalue weighted by Crippen LogP contribution is -2.31. The van der Waals surface area contributed by atoms with Crippen LogP contribution < -0.4 is 14.5 Å². The number of esters is 1. The van der Waals surface area contributed by atoms with Crippen LogP contribution in [-0.4, -0.2) is 30.2 Å². The fraction of sp³-hybridized carbons (Fsp3) is 0.333. The van der Waals surface area contributed by atoms with Gasteiger partial charge in [0.2, 0.25) is 17.7 Å². The van der Waals surface area contributed by atoms with Crippen molar-refractivity contribution < 1.29 is 23.9 Å². The Hall–Kier alpha value is -3.74. The largest absolute Gasteiger partial charge is 0.426 e. The summed E-state index contributed by atoms with van der Waals surface area (Å²) in [6.07, 6.45) is 5.09. The molecule has 0 saturated carbocycles. The van der Waals surface area contributed by atoms with Crippen LogP contribution in [0, 0.1) is 31.6 Å². The topological polar surface area (TPSA) is 84.0 Å². The maximum absolute atomic E-state index is 12.9. The van der Waals surface area contributed by atoms with Crippen LogP contribution in [0.2, 0.25) is 0 Å². The summed E-state index contributed by atoms with van der Waals surface area (Å²) in [5.74, 6) is -2.06. The lowest BCUT2D eigenvalue weighted by atomic mass is 9.85. The van der Waals surface area contributed by atoms with Crippen LogP contribution in [-0.2, 0) is 19.2 Å². The summed E-state index contributed by atoms with van der Waals surface area (Å²) in [7, 11) is 0. The highest BCUT2D eigenvalue weighted by molar-refractivity contribution is 6.22. The molecule has 174 valence electrons. The molecular formula is C27H26N2O5. The molecule has 2 aromatic carbocycles. The van der Waals surface area contributed by atoms with E-state index in [0.717, 1.165) is 16.8 Å². The predicted molar refractivity (Wildman–Crippen MR) is 126 cm³/mol. The van der Waals surface area contributed by atoms with Gasteiger partial charge in [-0.05, 0) is 56.0 Å². The monoisotopic (exact) mass is 458 g/mol. The SMILES string of the molecule is Cc1cccc(N2C[C@H](C(=O)Oc3cccc(N4C(=O)[C@H]5CC=CC[C@H]5C4=O)c3)CC2=O)c1C. The van der Waals surface area contributed by atoms with E-state index in [-0.39, 0.29) is 48.3 Å². The van der Waals surface area contributed by atoms with Crippen molar-refractivity contribution in [2.45, 2.75) is 33.1 Å². The van der Waals surface area contributed by atoms with E-state index in [9.17, 15) is 19.2 Å². The van der Waals surface area contributed by atoms with E-state index in [2.05, 4.69) is 0 Å². The molecule has 0 aromatic heterocycles.